The summed E-state index contributed by atoms with van der Waals surface area (Å²) in [4.78, 5) is 25.7. The molecule has 0 aliphatic carbocycles. The van der Waals surface area contributed by atoms with Crippen LogP contribution in [0.5, 0.6) is 0 Å². The number of nitrogens with zero attached hydrogens (tertiary/aromatic N) is 1. The molecule has 0 saturated carbocycles. The average molecular weight is 373 g/mol. The zero-order valence-corrected chi connectivity index (χ0v) is 15.0. The molecule has 1 aliphatic heterocycles. The molecule has 0 bridgehead atoms. The van der Waals surface area contributed by atoms with Crippen LogP contribution in [-0.2, 0) is 16.6 Å². The van der Waals surface area contributed by atoms with Gasteiger partial charge in [0.1, 0.15) is 0 Å². The van der Waals surface area contributed by atoms with Gasteiger partial charge in [-0.05, 0) is 36.2 Å². The van der Waals surface area contributed by atoms with Crippen LogP contribution in [0.25, 0.3) is 0 Å². The zero-order valence-electron chi connectivity index (χ0n) is 14.2. The minimum atomic E-state index is -3.64. The van der Waals surface area contributed by atoms with Gasteiger partial charge in [-0.2, -0.15) is 0 Å². The summed E-state index contributed by atoms with van der Waals surface area (Å²) in [5.41, 5.74) is 2.16. The van der Waals surface area contributed by atoms with Crippen LogP contribution in [0.15, 0.2) is 53.4 Å². The van der Waals surface area contributed by atoms with Gasteiger partial charge in [0, 0.05) is 18.7 Å². The van der Waals surface area contributed by atoms with Crippen molar-refractivity contribution in [2.45, 2.75) is 18.4 Å². The Morgan fingerprint density at radius 3 is 2.62 bits per heavy atom. The fraction of sp³-hybridized carbons (Fsp3) is 0.222. The largest absolute Gasteiger partial charge is 0.336 e. The maximum atomic E-state index is 12.2. The van der Waals surface area contributed by atoms with Gasteiger partial charge >= 0.3 is 6.03 Å². The summed E-state index contributed by atoms with van der Waals surface area (Å²) in [7, 11) is -3.64. The molecule has 2 N–H and O–H groups in total. The third-order valence-electron chi connectivity index (χ3n) is 4.06. The molecule has 0 aromatic heterocycles. The molecule has 0 spiro atoms. The van der Waals surface area contributed by atoms with Crippen molar-refractivity contribution < 1.29 is 18.0 Å². The number of amides is 3. The quantitative estimate of drug-likeness (QED) is 0.779. The molecule has 1 aliphatic rings. The van der Waals surface area contributed by atoms with Crippen LogP contribution in [0, 0.1) is 6.92 Å². The summed E-state index contributed by atoms with van der Waals surface area (Å²) in [5, 5.41) is 2.56. The first-order valence-electron chi connectivity index (χ1n) is 8.12. The van der Waals surface area contributed by atoms with E-state index in [4.69, 9.17) is 0 Å². The van der Waals surface area contributed by atoms with Crippen LogP contribution >= 0.6 is 0 Å². The number of carbonyl (C=O) groups is 2. The number of carbonyl (C=O) groups excluding carboxylic acids is 2. The molecule has 136 valence electrons. The van der Waals surface area contributed by atoms with Crippen LogP contribution in [0.3, 0.4) is 0 Å². The summed E-state index contributed by atoms with van der Waals surface area (Å²) < 4.78 is 26.8. The van der Waals surface area contributed by atoms with Gasteiger partial charge in [0.05, 0.1) is 11.4 Å². The summed E-state index contributed by atoms with van der Waals surface area (Å²) in [6.45, 7) is 2.13. The van der Waals surface area contributed by atoms with E-state index in [1.54, 1.807) is 30.3 Å². The normalized spacial score (nSPS) is 13.6. The first-order valence-corrected chi connectivity index (χ1v) is 9.61. The van der Waals surface area contributed by atoms with Crippen molar-refractivity contribution >= 4 is 22.0 Å². The van der Waals surface area contributed by atoms with Gasteiger partial charge in [-0.3, -0.25) is 9.69 Å². The SMILES string of the molecule is Cc1cccc(S(=O)(=O)NCCNC(=O)N2Cc3ccccc3C2=O)c1. The lowest BCUT2D eigenvalue weighted by molar-refractivity contribution is 0.0821. The van der Waals surface area contributed by atoms with E-state index in [0.717, 1.165) is 16.0 Å². The highest BCUT2D eigenvalue weighted by molar-refractivity contribution is 7.89. The molecule has 1 heterocycles. The van der Waals surface area contributed by atoms with E-state index in [2.05, 4.69) is 10.0 Å². The Hall–Kier alpha value is -2.71. The molecular formula is C18H19N3O4S. The molecule has 2 aromatic carbocycles. The predicted molar refractivity (Wildman–Crippen MR) is 96.1 cm³/mol. The van der Waals surface area contributed by atoms with E-state index >= 15 is 0 Å². The summed E-state index contributed by atoms with van der Waals surface area (Å²) in [6.07, 6.45) is 0. The molecule has 0 radical (unpaired) electrons. The van der Waals surface area contributed by atoms with Crippen molar-refractivity contribution in [1.29, 1.82) is 0 Å². The molecular weight excluding hydrogens is 354 g/mol. The molecule has 8 heteroatoms. The van der Waals surface area contributed by atoms with E-state index in [9.17, 15) is 18.0 Å². The fourth-order valence-corrected chi connectivity index (χ4v) is 3.87. The average Bonchev–Trinajstić information content (AvgIpc) is 2.96. The van der Waals surface area contributed by atoms with Crippen molar-refractivity contribution in [3.05, 3.63) is 65.2 Å². The Labute approximate surface area is 152 Å². The summed E-state index contributed by atoms with van der Waals surface area (Å²) in [6, 6.07) is 13.1. The number of rotatable bonds is 5. The number of urea groups is 1. The monoisotopic (exact) mass is 373 g/mol. The van der Waals surface area contributed by atoms with Gasteiger partial charge in [-0.1, -0.05) is 30.3 Å². The molecule has 26 heavy (non-hydrogen) atoms. The minimum absolute atomic E-state index is 0.0248. The van der Waals surface area contributed by atoms with Gasteiger partial charge in [0.2, 0.25) is 10.0 Å². The number of imide groups is 1. The number of nitrogens with one attached hydrogen (secondary N) is 2. The summed E-state index contributed by atoms with van der Waals surface area (Å²) in [5.74, 6) is -0.349. The maximum Gasteiger partial charge on any atom is 0.324 e. The van der Waals surface area contributed by atoms with Crippen LogP contribution in [0.1, 0.15) is 21.5 Å². The molecule has 2 aromatic rings. The van der Waals surface area contributed by atoms with Crippen molar-refractivity contribution in [1.82, 2.24) is 14.9 Å². The van der Waals surface area contributed by atoms with Gasteiger partial charge in [0.15, 0.2) is 0 Å². The number of hydrogen-bond acceptors (Lipinski definition) is 4. The molecule has 3 rings (SSSR count). The smallest absolute Gasteiger partial charge is 0.324 e. The Bertz CT molecular complexity index is 956. The number of fused-ring (bicyclic) bond motifs is 1. The van der Waals surface area contributed by atoms with Crippen molar-refractivity contribution in [2.75, 3.05) is 13.1 Å². The van der Waals surface area contributed by atoms with Crippen LogP contribution in [-0.4, -0.2) is 38.3 Å². The number of hydrogen-bond donors (Lipinski definition) is 2. The van der Waals surface area contributed by atoms with E-state index < -0.39 is 16.1 Å². The topological polar surface area (TPSA) is 95.6 Å². The molecule has 0 unspecified atom stereocenters. The van der Waals surface area contributed by atoms with Crippen molar-refractivity contribution in [3.63, 3.8) is 0 Å². The number of aryl methyl sites for hydroxylation is 1. The molecule has 0 atom stereocenters. The second kappa shape index (κ2) is 7.27. The standard InChI is InChI=1S/C18H19N3O4S/c1-13-5-4-7-15(11-13)26(24,25)20-10-9-19-18(23)21-12-14-6-2-3-8-16(14)17(21)22/h2-8,11,20H,9-10,12H2,1H3,(H,19,23). The second-order valence-electron chi connectivity index (χ2n) is 5.99. The van der Waals surface area contributed by atoms with Crippen LogP contribution < -0.4 is 10.0 Å². The predicted octanol–water partition coefficient (Wildman–Crippen LogP) is 1.64. The van der Waals surface area contributed by atoms with E-state index in [1.807, 2.05) is 19.1 Å². The van der Waals surface area contributed by atoms with Gasteiger partial charge in [-0.25, -0.2) is 17.9 Å². The highest BCUT2D eigenvalue weighted by Gasteiger charge is 2.31. The lowest BCUT2D eigenvalue weighted by Crippen LogP contribution is -2.43. The first kappa shape index (κ1) is 18.1. The third-order valence-corrected chi connectivity index (χ3v) is 5.52. The molecule has 3 amide bonds. The highest BCUT2D eigenvalue weighted by Crippen LogP contribution is 2.22. The van der Waals surface area contributed by atoms with Crippen molar-refractivity contribution in [2.24, 2.45) is 0 Å². The van der Waals surface area contributed by atoms with E-state index in [-0.39, 0.29) is 30.4 Å². The second-order valence-corrected chi connectivity index (χ2v) is 7.76. The van der Waals surface area contributed by atoms with Crippen LogP contribution in [0.2, 0.25) is 0 Å². The Kier molecular flexibility index (Phi) is 5.06. The minimum Gasteiger partial charge on any atom is -0.336 e. The zero-order chi connectivity index (χ0) is 18.7. The van der Waals surface area contributed by atoms with Gasteiger partial charge < -0.3 is 5.32 Å². The number of benzene rings is 2. The summed E-state index contributed by atoms with van der Waals surface area (Å²) >= 11 is 0. The van der Waals surface area contributed by atoms with E-state index in [0.29, 0.717) is 5.56 Å². The lowest BCUT2D eigenvalue weighted by Gasteiger charge is -2.15. The third kappa shape index (κ3) is 3.76. The Morgan fingerprint density at radius 2 is 1.88 bits per heavy atom. The van der Waals surface area contributed by atoms with Gasteiger partial charge in [0.25, 0.3) is 5.91 Å². The van der Waals surface area contributed by atoms with E-state index in [1.165, 1.54) is 6.07 Å². The molecule has 0 saturated heterocycles. The maximum absolute atomic E-state index is 12.2. The molecule has 0 fully saturated rings. The highest BCUT2D eigenvalue weighted by atomic mass is 32.2. The number of sulfonamides is 1. The van der Waals surface area contributed by atoms with Gasteiger partial charge in [-0.15, -0.1) is 0 Å². The fourth-order valence-electron chi connectivity index (χ4n) is 2.73. The first-order chi connectivity index (χ1) is 12.4. The molecule has 7 nitrogen and oxygen atoms in total. The van der Waals surface area contributed by atoms with Crippen LogP contribution in [0.4, 0.5) is 4.79 Å². The van der Waals surface area contributed by atoms with Crippen molar-refractivity contribution in [3.8, 4) is 0 Å². The lowest BCUT2D eigenvalue weighted by atomic mass is 10.1. The Balaban J connectivity index is 1.51. The Morgan fingerprint density at radius 1 is 1.12 bits per heavy atom.